The number of imidazole rings is 1. The second kappa shape index (κ2) is 4.90. The zero-order valence-electron chi connectivity index (χ0n) is 10.1. The van der Waals surface area contributed by atoms with Gasteiger partial charge in [0.15, 0.2) is 5.65 Å². The Hall–Kier alpha value is -1.47. The highest BCUT2D eigenvalue weighted by Crippen LogP contribution is 2.32. The molecular weight excluding hydrogens is 271 g/mol. The van der Waals surface area contributed by atoms with Gasteiger partial charge in [0.1, 0.15) is 24.2 Å². The Labute approximate surface area is 109 Å². The number of aromatic nitrogens is 4. The van der Waals surface area contributed by atoms with E-state index in [2.05, 4.69) is 15.0 Å². The Balaban J connectivity index is 1.86. The molecule has 0 amide bonds. The number of aryl methyl sites for hydroxylation is 1. The Kier molecular flexibility index (Phi) is 3.24. The second-order valence-corrected chi connectivity index (χ2v) is 4.96. The molecule has 3 heterocycles. The molecule has 100 valence electrons. The van der Waals surface area contributed by atoms with E-state index in [4.69, 9.17) is 14.2 Å². The summed E-state index contributed by atoms with van der Waals surface area (Å²) in [5.74, 6) is 0. The van der Waals surface area contributed by atoms with Gasteiger partial charge in [0.25, 0.3) is 0 Å². The van der Waals surface area contributed by atoms with Gasteiger partial charge in [-0.25, -0.2) is 15.0 Å². The molecule has 0 bridgehead atoms. The molecule has 2 aromatic rings. The average Bonchev–Trinajstić information content (AvgIpc) is 2.95. The molecule has 3 rings (SSSR count). The van der Waals surface area contributed by atoms with Crippen LogP contribution >= 0.6 is 8.25 Å². The molecule has 1 aliphatic rings. The minimum atomic E-state index is -2.61. The van der Waals surface area contributed by atoms with Crippen LogP contribution < -0.4 is 0 Å². The lowest BCUT2D eigenvalue weighted by atomic mass is 10.3. The molecule has 2 unspecified atom stereocenters. The van der Waals surface area contributed by atoms with Crippen LogP contribution in [0.2, 0.25) is 0 Å². The van der Waals surface area contributed by atoms with Crippen molar-refractivity contribution in [2.45, 2.75) is 25.7 Å². The molecular formula is C10H12N4O4P+. The van der Waals surface area contributed by atoms with Crippen LogP contribution in [0.4, 0.5) is 0 Å². The molecule has 2 aromatic heterocycles. The lowest BCUT2D eigenvalue weighted by Crippen LogP contribution is -2.09. The maximum absolute atomic E-state index is 10.6. The first-order chi connectivity index (χ1) is 9.15. The Bertz CT molecular complexity index is 631. The fourth-order valence-electron chi connectivity index (χ4n) is 2.15. The van der Waals surface area contributed by atoms with Crippen molar-refractivity contribution in [3.63, 3.8) is 0 Å². The van der Waals surface area contributed by atoms with Gasteiger partial charge in [-0.3, -0.25) is 4.57 Å². The number of hydrogen-bond acceptors (Lipinski definition) is 6. The summed E-state index contributed by atoms with van der Waals surface area (Å²) < 4.78 is 22.8. The molecule has 0 saturated carbocycles. The summed E-state index contributed by atoms with van der Waals surface area (Å²) in [6.07, 6.45) is 2.91. The van der Waals surface area contributed by atoms with E-state index in [1.54, 1.807) is 10.9 Å². The molecule has 0 spiro atoms. The van der Waals surface area contributed by atoms with Gasteiger partial charge in [-0.15, -0.1) is 9.42 Å². The van der Waals surface area contributed by atoms with Crippen molar-refractivity contribution in [3.05, 3.63) is 18.3 Å². The van der Waals surface area contributed by atoms with Gasteiger partial charge in [0, 0.05) is 11.0 Å². The van der Waals surface area contributed by atoms with Crippen molar-refractivity contribution in [3.8, 4) is 0 Å². The minimum Gasteiger partial charge on any atom is -0.355 e. The van der Waals surface area contributed by atoms with Gasteiger partial charge < -0.3 is 4.74 Å². The molecule has 1 fully saturated rings. The van der Waals surface area contributed by atoms with Crippen LogP contribution in [-0.2, 0) is 13.8 Å². The van der Waals surface area contributed by atoms with Crippen LogP contribution in [0, 0.1) is 6.92 Å². The Morgan fingerprint density at radius 1 is 1.53 bits per heavy atom. The molecule has 1 aliphatic heterocycles. The molecule has 0 aromatic carbocycles. The SMILES string of the molecule is Cc1ncnc2c1ncn2[C@H]1CC(O[P+](=O)O)CO1. The normalized spacial score (nSPS) is 24.0. The summed E-state index contributed by atoms with van der Waals surface area (Å²) in [5, 5.41) is 0. The van der Waals surface area contributed by atoms with Crippen molar-refractivity contribution in [1.29, 1.82) is 0 Å². The number of ether oxygens (including phenoxy) is 1. The predicted molar refractivity (Wildman–Crippen MR) is 64.4 cm³/mol. The molecule has 1 N–H and O–H groups in total. The van der Waals surface area contributed by atoms with Gasteiger partial charge in [-0.1, -0.05) is 0 Å². The van der Waals surface area contributed by atoms with Gasteiger partial charge in [0.2, 0.25) is 0 Å². The monoisotopic (exact) mass is 283 g/mol. The van der Waals surface area contributed by atoms with Gasteiger partial charge >= 0.3 is 8.25 Å². The molecule has 1 saturated heterocycles. The summed E-state index contributed by atoms with van der Waals surface area (Å²) in [7, 11) is -2.61. The molecule has 0 aliphatic carbocycles. The average molecular weight is 283 g/mol. The highest BCUT2D eigenvalue weighted by atomic mass is 31.1. The van der Waals surface area contributed by atoms with E-state index in [-0.39, 0.29) is 18.9 Å². The van der Waals surface area contributed by atoms with E-state index in [0.717, 1.165) is 11.2 Å². The summed E-state index contributed by atoms with van der Waals surface area (Å²) in [6.45, 7) is 2.13. The fourth-order valence-corrected chi connectivity index (χ4v) is 2.56. The molecule has 3 atom stereocenters. The van der Waals surface area contributed by atoms with E-state index in [1.807, 2.05) is 6.92 Å². The molecule has 8 nitrogen and oxygen atoms in total. The van der Waals surface area contributed by atoms with Crippen LogP contribution in [0.3, 0.4) is 0 Å². The van der Waals surface area contributed by atoms with Gasteiger partial charge in [-0.2, -0.15) is 0 Å². The standard InChI is InChI=1S/C10H11N4O4P/c1-6-9-10(12-4-11-6)14(5-13-9)8-2-7(3-17-8)18-19(15)16/h4-5,7-8H,2-3H2,1H3/p+1/t7?,8-/m1/s1. The summed E-state index contributed by atoms with van der Waals surface area (Å²) >= 11 is 0. The third-order valence-corrected chi connectivity index (χ3v) is 3.51. The fraction of sp³-hybridized carbons (Fsp3) is 0.500. The van der Waals surface area contributed by atoms with E-state index in [0.29, 0.717) is 12.1 Å². The maximum atomic E-state index is 10.6. The minimum absolute atomic E-state index is 0.274. The third kappa shape index (κ3) is 2.35. The first kappa shape index (κ1) is 12.6. The van der Waals surface area contributed by atoms with Crippen molar-refractivity contribution < 1.29 is 18.7 Å². The van der Waals surface area contributed by atoms with Crippen LogP contribution in [0.25, 0.3) is 11.2 Å². The van der Waals surface area contributed by atoms with Crippen LogP contribution in [-0.4, -0.2) is 37.1 Å². The highest BCUT2D eigenvalue weighted by Gasteiger charge is 2.34. The van der Waals surface area contributed by atoms with E-state index < -0.39 is 8.25 Å². The summed E-state index contributed by atoms with van der Waals surface area (Å²) in [6, 6.07) is 0. The van der Waals surface area contributed by atoms with Crippen molar-refractivity contribution in [2.75, 3.05) is 6.61 Å². The maximum Gasteiger partial charge on any atom is 0.695 e. The summed E-state index contributed by atoms with van der Waals surface area (Å²) in [4.78, 5) is 21.3. The first-order valence-electron chi connectivity index (χ1n) is 5.74. The first-order valence-corrected chi connectivity index (χ1v) is 6.87. The quantitative estimate of drug-likeness (QED) is 0.841. The van der Waals surface area contributed by atoms with Crippen LogP contribution in [0.1, 0.15) is 18.3 Å². The van der Waals surface area contributed by atoms with E-state index in [1.165, 1.54) is 6.33 Å². The van der Waals surface area contributed by atoms with Gasteiger partial charge in [0.05, 0.1) is 18.6 Å². The number of hydrogen-bond donors (Lipinski definition) is 1. The molecule has 0 radical (unpaired) electrons. The third-order valence-electron chi connectivity index (χ3n) is 3.03. The number of rotatable bonds is 3. The number of fused-ring (bicyclic) bond motifs is 1. The van der Waals surface area contributed by atoms with Crippen molar-refractivity contribution in [1.82, 2.24) is 19.5 Å². The topological polar surface area (TPSA) is 99.4 Å². The summed E-state index contributed by atoms with van der Waals surface area (Å²) in [5.41, 5.74) is 2.21. The Morgan fingerprint density at radius 3 is 3.16 bits per heavy atom. The lowest BCUT2D eigenvalue weighted by molar-refractivity contribution is 0.0520. The zero-order valence-corrected chi connectivity index (χ0v) is 11.0. The van der Waals surface area contributed by atoms with Crippen LogP contribution in [0.15, 0.2) is 12.7 Å². The molecule has 9 heteroatoms. The van der Waals surface area contributed by atoms with Gasteiger partial charge in [-0.05, 0) is 6.92 Å². The van der Waals surface area contributed by atoms with Crippen molar-refractivity contribution in [2.24, 2.45) is 0 Å². The van der Waals surface area contributed by atoms with Crippen molar-refractivity contribution >= 4 is 19.4 Å². The Morgan fingerprint density at radius 2 is 2.37 bits per heavy atom. The number of nitrogens with zero attached hydrogens (tertiary/aromatic N) is 4. The van der Waals surface area contributed by atoms with Crippen LogP contribution in [0.5, 0.6) is 0 Å². The van der Waals surface area contributed by atoms with E-state index in [9.17, 15) is 4.57 Å². The second-order valence-electron chi connectivity index (χ2n) is 4.27. The zero-order chi connectivity index (χ0) is 13.4. The lowest BCUT2D eigenvalue weighted by Gasteiger charge is -2.10. The van der Waals surface area contributed by atoms with E-state index >= 15 is 0 Å². The highest BCUT2D eigenvalue weighted by molar-refractivity contribution is 7.32. The smallest absolute Gasteiger partial charge is 0.355 e. The largest absolute Gasteiger partial charge is 0.695 e. The predicted octanol–water partition coefficient (Wildman–Crippen LogP) is 1.09. The molecule has 19 heavy (non-hydrogen) atoms.